The molecule has 0 radical (unpaired) electrons. The van der Waals surface area contributed by atoms with Crippen LogP contribution < -0.4 is 0 Å². The van der Waals surface area contributed by atoms with Crippen molar-refractivity contribution < 1.29 is 9.84 Å². The molecule has 1 N–H and O–H groups in total. The van der Waals surface area contributed by atoms with E-state index >= 15 is 0 Å². The predicted molar refractivity (Wildman–Crippen MR) is 66.2 cm³/mol. The lowest BCUT2D eigenvalue weighted by Crippen LogP contribution is -2.29. The molecular weight excluding hydrogens is 200 g/mol. The van der Waals surface area contributed by atoms with Crippen molar-refractivity contribution in [3.8, 4) is 0 Å². The molecular formula is C14H20O2. The summed E-state index contributed by atoms with van der Waals surface area (Å²) in [6.45, 7) is 6.44. The Morgan fingerprint density at radius 3 is 2.62 bits per heavy atom. The first-order valence-electron chi connectivity index (χ1n) is 5.60. The van der Waals surface area contributed by atoms with Gasteiger partial charge in [-0.3, -0.25) is 0 Å². The maximum Gasteiger partial charge on any atom is 0.0724 e. The Morgan fingerprint density at radius 2 is 2.06 bits per heavy atom. The third-order valence-corrected chi connectivity index (χ3v) is 2.65. The Bertz CT molecular complexity index is 308. The summed E-state index contributed by atoms with van der Waals surface area (Å²) in [5.41, 5.74) is 0.836. The van der Waals surface area contributed by atoms with Crippen molar-refractivity contribution in [1.82, 2.24) is 0 Å². The third kappa shape index (κ3) is 4.17. The predicted octanol–water partition coefficient (Wildman–Crippen LogP) is 2.92. The molecule has 2 heteroatoms. The van der Waals surface area contributed by atoms with Gasteiger partial charge in [0, 0.05) is 6.61 Å². The van der Waals surface area contributed by atoms with Gasteiger partial charge in [-0.2, -0.15) is 0 Å². The van der Waals surface area contributed by atoms with Crippen LogP contribution in [0.5, 0.6) is 0 Å². The van der Waals surface area contributed by atoms with Crippen LogP contribution in [0, 0.1) is 0 Å². The molecule has 0 aliphatic carbocycles. The minimum atomic E-state index is -0.313. The Morgan fingerprint density at radius 1 is 1.38 bits per heavy atom. The van der Waals surface area contributed by atoms with Crippen LogP contribution in [0.1, 0.15) is 25.3 Å². The molecule has 0 spiro atoms. The van der Waals surface area contributed by atoms with E-state index in [1.807, 2.05) is 43.3 Å². The van der Waals surface area contributed by atoms with Crippen molar-refractivity contribution in [2.45, 2.75) is 32.0 Å². The fraction of sp³-hybridized carbons (Fsp3) is 0.429. The number of aliphatic hydroxyl groups excluding tert-OH is 1. The number of hydrogen-bond acceptors (Lipinski definition) is 2. The minimum absolute atomic E-state index is 0.138. The van der Waals surface area contributed by atoms with Crippen molar-refractivity contribution in [2.75, 3.05) is 6.61 Å². The molecule has 0 fully saturated rings. The van der Waals surface area contributed by atoms with E-state index in [0.29, 0.717) is 13.0 Å². The van der Waals surface area contributed by atoms with Gasteiger partial charge >= 0.3 is 0 Å². The average molecular weight is 220 g/mol. The minimum Gasteiger partial charge on any atom is -0.396 e. The highest BCUT2D eigenvalue weighted by Crippen LogP contribution is 2.22. The molecule has 0 unspecified atom stereocenters. The van der Waals surface area contributed by atoms with Gasteiger partial charge in [-0.1, -0.05) is 36.4 Å². The maximum atomic E-state index is 9.01. The van der Waals surface area contributed by atoms with Crippen molar-refractivity contribution >= 4 is 0 Å². The van der Waals surface area contributed by atoms with Gasteiger partial charge in [-0.15, -0.1) is 6.58 Å². The van der Waals surface area contributed by atoms with Crippen LogP contribution in [-0.2, 0) is 11.3 Å². The fourth-order valence-electron chi connectivity index (χ4n) is 1.61. The first kappa shape index (κ1) is 12.9. The number of aliphatic hydroxyl groups is 1. The Labute approximate surface area is 97.6 Å². The van der Waals surface area contributed by atoms with Gasteiger partial charge in [-0.25, -0.2) is 0 Å². The van der Waals surface area contributed by atoms with E-state index in [2.05, 4.69) is 6.58 Å². The van der Waals surface area contributed by atoms with Crippen LogP contribution in [0.4, 0.5) is 0 Å². The second-order valence-corrected chi connectivity index (χ2v) is 4.19. The van der Waals surface area contributed by atoms with E-state index in [1.54, 1.807) is 0 Å². The zero-order valence-electron chi connectivity index (χ0n) is 9.86. The van der Waals surface area contributed by atoms with Crippen LogP contribution in [0.2, 0.25) is 0 Å². The van der Waals surface area contributed by atoms with Crippen LogP contribution in [-0.4, -0.2) is 17.3 Å². The van der Waals surface area contributed by atoms with E-state index < -0.39 is 0 Å². The first-order chi connectivity index (χ1) is 7.70. The molecule has 0 saturated carbocycles. The largest absolute Gasteiger partial charge is 0.396 e. The molecule has 88 valence electrons. The summed E-state index contributed by atoms with van der Waals surface area (Å²) < 4.78 is 5.87. The molecule has 1 rings (SSSR count). The summed E-state index contributed by atoms with van der Waals surface area (Å²) in [6.07, 6.45) is 3.22. The SMILES string of the molecule is C=CC[C@@](C)(CCO)OCc1ccccc1. The molecule has 0 aliphatic heterocycles. The standard InChI is InChI=1S/C14H20O2/c1-3-9-14(2,10-11-15)16-12-13-7-5-4-6-8-13/h3-8,15H,1,9-12H2,2H3/t14-/m0/s1. The lowest BCUT2D eigenvalue weighted by molar-refractivity contribution is -0.0548. The summed E-state index contributed by atoms with van der Waals surface area (Å²) in [6, 6.07) is 10.0. The summed E-state index contributed by atoms with van der Waals surface area (Å²) in [5, 5.41) is 9.01. The van der Waals surface area contributed by atoms with Gasteiger partial charge in [-0.05, 0) is 25.3 Å². The van der Waals surface area contributed by atoms with E-state index in [-0.39, 0.29) is 12.2 Å². The Hall–Kier alpha value is -1.12. The molecule has 0 aromatic heterocycles. The zero-order valence-corrected chi connectivity index (χ0v) is 9.86. The molecule has 1 aromatic carbocycles. The summed E-state index contributed by atoms with van der Waals surface area (Å²) >= 11 is 0. The highest BCUT2D eigenvalue weighted by Gasteiger charge is 2.22. The summed E-state index contributed by atoms with van der Waals surface area (Å²) in [4.78, 5) is 0. The first-order valence-corrected chi connectivity index (χ1v) is 5.60. The van der Waals surface area contributed by atoms with Crippen LogP contribution >= 0.6 is 0 Å². The van der Waals surface area contributed by atoms with Gasteiger partial charge in [0.2, 0.25) is 0 Å². The normalized spacial score (nSPS) is 14.4. The van der Waals surface area contributed by atoms with Crippen molar-refractivity contribution in [2.24, 2.45) is 0 Å². The van der Waals surface area contributed by atoms with Gasteiger partial charge < -0.3 is 9.84 Å². The quantitative estimate of drug-likeness (QED) is 0.716. The van der Waals surface area contributed by atoms with Crippen LogP contribution in [0.3, 0.4) is 0 Å². The molecule has 0 heterocycles. The molecule has 1 aromatic rings. The van der Waals surface area contributed by atoms with Crippen molar-refractivity contribution in [3.63, 3.8) is 0 Å². The Kier molecular flexibility index (Phi) is 5.23. The summed E-state index contributed by atoms with van der Waals surface area (Å²) in [5.74, 6) is 0. The molecule has 0 aliphatic rings. The zero-order chi connectivity index (χ0) is 11.9. The van der Waals surface area contributed by atoms with E-state index in [1.165, 1.54) is 0 Å². The molecule has 0 amide bonds. The highest BCUT2D eigenvalue weighted by molar-refractivity contribution is 5.13. The number of benzene rings is 1. The van der Waals surface area contributed by atoms with E-state index in [4.69, 9.17) is 9.84 Å². The molecule has 1 atom stereocenters. The average Bonchev–Trinajstić information content (AvgIpc) is 2.29. The van der Waals surface area contributed by atoms with Gasteiger partial charge in [0.25, 0.3) is 0 Å². The van der Waals surface area contributed by atoms with Crippen molar-refractivity contribution in [1.29, 1.82) is 0 Å². The molecule has 2 nitrogen and oxygen atoms in total. The number of ether oxygens (including phenoxy) is 1. The van der Waals surface area contributed by atoms with Gasteiger partial charge in [0.05, 0.1) is 12.2 Å². The van der Waals surface area contributed by atoms with E-state index in [9.17, 15) is 0 Å². The van der Waals surface area contributed by atoms with Crippen molar-refractivity contribution in [3.05, 3.63) is 48.6 Å². The second kappa shape index (κ2) is 6.46. The highest BCUT2D eigenvalue weighted by atomic mass is 16.5. The topological polar surface area (TPSA) is 29.5 Å². The van der Waals surface area contributed by atoms with Gasteiger partial charge in [0.1, 0.15) is 0 Å². The molecule has 16 heavy (non-hydrogen) atoms. The molecule has 0 saturated heterocycles. The maximum absolute atomic E-state index is 9.01. The fourth-order valence-corrected chi connectivity index (χ4v) is 1.61. The smallest absolute Gasteiger partial charge is 0.0724 e. The lowest BCUT2D eigenvalue weighted by atomic mass is 9.98. The Balaban J connectivity index is 2.53. The monoisotopic (exact) mass is 220 g/mol. The van der Waals surface area contributed by atoms with Gasteiger partial charge in [0.15, 0.2) is 0 Å². The van der Waals surface area contributed by atoms with E-state index in [0.717, 1.165) is 12.0 Å². The summed E-state index contributed by atoms with van der Waals surface area (Å²) in [7, 11) is 0. The van der Waals surface area contributed by atoms with Crippen LogP contribution in [0.25, 0.3) is 0 Å². The number of hydrogen-bond donors (Lipinski definition) is 1. The second-order valence-electron chi connectivity index (χ2n) is 4.19. The third-order valence-electron chi connectivity index (χ3n) is 2.65. The number of rotatable bonds is 7. The van der Waals surface area contributed by atoms with Crippen LogP contribution in [0.15, 0.2) is 43.0 Å². The molecule has 0 bridgehead atoms. The lowest BCUT2D eigenvalue weighted by Gasteiger charge is -2.28.